The molecule has 0 unspecified atom stereocenters. The van der Waals surface area contributed by atoms with Crippen LogP contribution in [0.5, 0.6) is 5.75 Å². The molecule has 0 bridgehead atoms. The van der Waals surface area contributed by atoms with E-state index in [0.29, 0.717) is 5.02 Å². The van der Waals surface area contributed by atoms with Crippen molar-refractivity contribution in [2.45, 2.75) is 0 Å². The Labute approximate surface area is 191 Å². The van der Waals surface area contributed by atoms with Crippen LogP contribution in [0.25, 0.3) is 22.1 Å². The van der Waals surface area contributed by atoms with E-state index in [-0.39, 0.29) is 0 Å². The van der Waals surface area contributed by atoms with Crippen LogP contribution in [-0.4, -0.2) is 5.71 Å². The van der Waals surface area contributed by atoms with Crippen LogP contribution in [0.1, 0.15) is 16.7 Å². The Morgan fingerprint density at radius 1 is 0.781 bits per heavy atom. The van der Waals surface area contributed by atoms with Gasteiger partial charge in [-0.1, -0.05) is 66.2 Å². The lowest BCUT2D eigenvalue weighted by molar-refractivity contribution is -0.347. The number of fused-ring (bicyclic) bond motifs is 1. The summed E-state index contributed by atoms with van der Waals surface area (Å²) in [6, 6.07) is 28.6. The van der Waals surface area contributed by atoms with Gasteiger partial charge in [-0.2, -0.15) is 0 Å². The van der Waals surface area contributed by atoms with Crippen LogP contribution in [0.4, 0.5) is 5.69 Å². The van der Waals surface area contributed by atoms with Crippen LogP contribution in [0.3, 0.4) is 0 Å². The van der Waals surface area contributed by atoms with Crippen molar-refractivity contribution in [3.05, 3.63) is 131 Å². The summed E-state index contributed by atoms with van der Waals surface area (Å²) in [5.74, 6) is 1.66. The molecule has 2 nitrogen and oxygen atoms in total. The highest BCUT2D eigenvalue weighted by Gasteiger charge is 2.22. The molecule has 0 aliphatic carbocycles. The van der Waals surface area contributed by atoms with Gasteiger partial charge in [0, 0.05) is 28.3 Å². The molecule has 0 spiro atoms. The average Bonchev–Trinajstić information content (AvgIpc) is 3.19. The predicted molar refractivity (Wildman–Crippen MR) is 132 cm³/mol. The molecule has 0 aromatic heterocycles. The third kappa shape index (κ3) is 3.26. The Morgan fingerprint density at radius 3 is 2.44 bits per heavy atom. The molecule has 2 aliphatic heterocycles. The molecule has 3 heteroatoms. The third-order valence-corrected chi connectivity index (χ3v) is 6.09. The van der Waals surface area contributed by atoms with Gasteiger partial charge in [0.2, 0.25) is 11.4 Å². The van der Waals surface area contributed by atoms with Crippen LogP contribution in [0.15, 0.2) is 109 Å². The van der Waals surface area contributed by atoms with E-state index < -0.39 is 0 Å². The number of halogens is 1. The van der Waals surface area contributed by atoms with Crippen molar-refractivity contribution in [3.63, 3.8) is 0 Å². The van der Waals surface area contributed by atoms with E-state index in [1.807, 2.05) is 42.5 Å². The van der Waals surface area contributed by atoms with Crippen LogP contribution in [0, 0.1) is 0 Å². The Morgan fingerprint density at radius 2 is 1.56 bits per heavy atom. The zero-order valence-corrected chi connectivity index (χ0v) is 17.9. The molecule has 0 saturated heterocycles. The molecular formula is C29H19ClNO+. The van der Waals surface area contributed by atoms with Gasteiger partial charge in [0.05, 0.1) is 10.9 Å². The van der Waals surface area contributed by atoms with E-state index >= 15 is 0 Å². The molecule has 2 heterocycles. The van der Waals surface area contributed by atoms with Crippen LogP contribution in [0.2, 0.25) is 5.02 Å². The maximum absolute atomic E-state index is 6.18. The van der Waals surface area contributed by atoms with Gasteiger partial charge in [-0.15, -0.1) is 0 Å². The van der Waals surface area contributed by atoms with Crippen LogP contribution >= 0.6 is 11.6 Å². The second-order valence-electron chi connectivity index (χ2n) is 7.84. The highest BCUT2D eigenvalue weighted by molar-refractivity contribution is 6.30. The van der Waals surface area contributed by atoms with Crippen molar-refractivity contribution < 1.29 is 9.73 Å². The fraction of sp³-hybridized carbons (Fsp3) is 0. The SMILES string of the molecule is Clc1ccc(C2=C/C(=C/C=C/C3=[NH+]c4cccc5cccc3c45)c3ccccc3O2)cc1. The van der Waals surface area contributed by atoms with Crippen molar-refractivity contribution in [1.82, 2.24) is 0 Å². The molecule has 0 saturated carbocycles. The highest BCUT2D eigenvalue weighted by Crippen LogP contribution is 2.37. The maximum atomic E-state index is 6.18. The molecule has 0 fully saturated rings. The number of hydrogen-bond acceptors (Lipinski definition) is 1. The van der Waals surface area contributed by atoms with Crippen molar-refractivity contribution in [3.8, 4) is 5.75 Å². The number of hydrogen-bond donors (Lipinski definition) is 1. The number of para-hydroxylation sites is 1. The first-order chi connectivity index (χ1) is 15.8. The van der Waals surface area contributed by atoms with Gasteiger partial charge >= 0.3 is 0 Å². The molecular weight excluding hydrogens is 414 g/mol. The lowest BCUT2D eigenvalue weighted by Gasteiger charge is -2.20. The second kappa shape index (κ2) is 7.67. The molecule has 0 atom stereocenters. The van der Waals surface area contributed by atoms with Gasteiger partial charge in [-0.3, -0.25) is 0 Å². The summed E-state index contributed by atoms with van der Waals surface area (Å²) in [6.45, 7) is 0. The minimum absolute atomic E-state index is 0.710. The fourth-order valence-electron chi connectivity index (χ4n) is 4.32. The summed E-state index contributed by atoms with van der Waals surface area (Å²) in [5, 5.41) is 3.24. The first-order valence-corrected chi connectivity index (χ1v) is 10.9. The summed E-state index contributed by atoms with van der Waals surface area (Å²) in [5.41, 5.74) is 6.67. The molecule has 6 rings (SSSR count). The third-order valence-electron chi connectivity index (χ3n) is 5.84. The zero-order valence-electron chi connectivity index (χ0n) is 17.2. The van der Waals surface area contributed by atoms with Crippen LogP contribution < -0.4 is 9.73 Å². The summed E-state index contributed by atoms with van der Waals surface area (Å²) < 4.78 is 6.18. The van der Waals surface area contributed by atoms with Gasteiger partial charge < -0.3 is 4.74 Å². The van der Waals surface area contributed by atoms with Crippen molar-refractivity contribution in [2.75, 3.05) is 0 Å². The predicted octanol–water partition coefficient (Wildman–Crippen LogP) is 6.08. The van der Waals surface area contributed by atoms with Crippen molar-refractivity contribution >= 4 is 45.1 Å². The number of benzene rings is 4. The smallest absolute Gasteiger partial charge is 0.212 e. The van der Waals surface area contributed by atoms with Crippen molar-refractivity contribution in [1.29, 1.82) is 0 Å². The summed E-state index contributed by atoms with van der Waals surface area (Å²) in [4.78, 5) is 3.55. The monoisotopic (exact) mass is 432 g/mol. The molecule has 0 radical (unpaired) electrons. The number of rotatable bonds is 3. The molecule has 2 aliphatic rings. The first-order valence-electron chi connectivity index (χ1n) is 10.6. The Hall–Kier alpha value is -3.88. The van der Waals surface area contributed by atoms with E-state index in [0.717, 1.165) is 39.6 Å². The van der Waals surface area contributed by atoms with Crippen molar-refractivity contribution in [2.24, 2.45) is 0 Å². The molecule has 32 heavy (non-hydrogen) atoms. The Balaban J connectivity index is 1.38. The number of ether oxygens (including phenoxy) is 1. The number of allylic oxidation sites excluding steroid dienone is 5. The Bertz CT molecular complexity index is 1480. The Kier molecular flexibility index (Phi) is 4.52. The largest absolute Gasteiger partial charge is 0.456 e. The fourth-order valence-corrected chi connectivity index (χ4v) is 4.44. The quantitative estimate of drug-likeness (QED) is 0.416. The minimum Gasteiger partial charge on any atom is -0.456 e. The van der Waals surface area contributed by atoms with E-state index in [1.54, 1.807) is 0 Å². The zero-order chi connectivity index (χ0) is 21.5. The average molecular weight is 433 g/mol. The first kappa shape index (κ1) is 18.9. The maximum Gasteiger partial charge on any atom is 0.212 e. The van der Waals surface area contributed by atoms with Crippen LogP contribution in [-0.2, 0) is 0 Å². The molecule has 4 aromatic carbocycles. The lowest BCUT2D eigenvalue weighted by Crippen LogP contribution is -2.63. The summed E-state index contributed by atoms with van der Waals surface area (Å²) in [7, 11) is 0. The summed E-state index contributed by atoms with van der Waals surface area (Å²) >= 11 is 6.06. The minimum atomic E-state index is 0.710. The van der Waals surface area contributed by atoms with E-state index in [1.165, 1.54) is 16.3 Å². The number of nitrogens with one attached hydrogen (secondary N) is 1. The van der Waals surface area contributed by atoms with E-state index in [2.05, 4.69) is 71.8 Å². The standard InChI is InChI=1S/C29H18ClNO/c30-22-16-14-19(15-17-22)28-18-21(23-9-1-2-13-27(23)32-28)8-5-11-25-24-10-3-6-20-7-4-12-26(31-25)29(20)24/h1-18H/p+1/b11-5+,21-8-. The van der Waals surface area contributed by atoms with Gasteiger partial charge in [-0.05, 0) is 53.4 Å². The van der Waals surface area contributed by atoms with Gasteiger partial charge in [-0.25, -0.2) is 4.99 Å². The molecule has 0 amide bonds. The van der Waals surface area contributed by atoms with E-state index in [9.17, 15) is 0 Å². The van der Waals surface area contributed by atoms with Gasteiger partial charge in [0.1, 0.15) is 11.5 Å². The lowest BCUT2D eigenvalue weighted by atomic mass is 9.98. The summed E-state index contributed by atoms with van der Waals surface area (Å²) in [6.07, 6.45) is 8.45. The topological polar surface area (TPSA) is 23.2 Å². The molecule has 4 aromatic rings. The highest BCUT2D eigenvalue weighted by atomic mass is 35.5. The van der Waals surface area contributed by atoms with E-state index in [4.69, 9.17) is 16.3 Å². The normalized spacial score (nSPS) is 15.6. The van der Waals surface area contributed by atoms with Gasteiger partial charge in [0.25, 0.3) is 0 Å². The molecule has 152 valence electrons. The molecule has 1 N–H and O–H groups in total. The second-order valence-corrected chi connectivity index (χ2v) is 8.28. The van der Waals surface area contributed by atoms with Gasteiger partial charge in [0.15, 0.2) is 0 Å².